The van der Waals surface area contributed by atoms with Gasteiger partial charge in [0.1, 0.15) is 0 Å². The number of hydrogen-bond donors (Lipinski definition) is 2. The highest BCUT2D eigenvalue weighted by molar-refractivity contribution is 7.99. The van der Waals surface area contributed by atoms with Crippen molar-refractivity contribution < 1.29 is 9.90 Å². The van der Waals surface area contributed by atoms with Crippen LogP contribution < -0.4 is 5.73 Å². The first-order valence-corrected chi connectivity index (χ1v) is 6.82. The summed E-state index contributed by atoms with van der Waals surface area (Å²) in [5.41, 5.74) is 7.59. The van der Waals surface area contributed by atoms with E-state index in [1.165, 1.54) is 11.8 Å². The molecule has 2 rings (SSSR count). The molecule has 3 N–H and O–H groups in total. The van der Waals surface area contributed by atoms with Gasteiger partial charge in [0, 0.05) is 15.8 Å². The number of nitrogens with two attached hydrogens (primary N) is 1. The van der Waals surface area contributed by atoms with E-state index < -0.39 is 5.97 Å². The third-order valence-corrected chi connectivity index (χ3v) is 4.07. The van der Waals surface area contributed by atoms with Gasteiger partial charge < -0.3 is 10.8 Å². The molecule has 19 heavy (non-hydrogen) atoms. The van der Waals surface area contributed by atoms with E-state index in [9.17, 15) is 4.79 Å². The molecule has 0 bridgehead atoms. The number of para-hydroxylation sites is 1. The lowest BCUT2D eigenvalue weighted by Crippen LogP contribution is -2.03. The molecule has 1 unspecified atom stereocenters. The minimum atomic E-state index is -0.809. The van der Waals surface area contributed by atoms with Gasteiger partial charge in [-0.25, -0.2) is 0 Å². The number of aliphatic carboxylic acids is 1. The number of benzene rings is 2. The Labute approximate surface area is 116 Å². The molecule has 0 aliphatic carbocycles. The van der Waals surface area contributed by atoms with Crippen molar-refractivity contribution in [3.63, 3.8) is 0 Å². The van der Waals surface area contributed by atoms with Crippen LogP contribution in [0.4, 0.5) is 5.69 Å². The predicted molar refractivity (Wildman–Crippen MR) is 78.1 cm³/mol. The fraction of sp³-hybridized carbons (Fsp3) is 0.133. The minimum absolute atomic E-state index is 0.0724. The van der Waals surface area contributed by atoms with Crippen molar-refractivity contribution in [1.82, 2.24) is 0 Å². The van der Waals surface area contributed by atoms with Crippen molar-refractivity contribution in [1.29, 1.82) is 0 Å². The second kappa shape index (κ2) is 6.29. The quantitative estimate of drug-likeness (QED) is 0.645. The lowest BCUT2D eigenvalue weighted by molar-refractivity contribution is -0.137. The molecule has 0 amide bonds. The molecule has 0 aliphatic heterocycles. The molecular weight excluding hydrogens is 258 g/mol. The summed E-state index contributed by atoms with van der Waals surface area (Å²) in [6.45, 7) is 0. The van der Waals surface area contributed by atoms with E-state index in [0.29, 0.717) is 5.69 Å². The molecule has 3 nitrogen and oxygen atoms in total. The minimum Gasteiger partial charge on any atom is -0.481 e. The van der Waals surface area contributed by atoms with Crippen LogP contribution >= 0.6 is 11.8 Å². The molecule has 2 aromatic rings. The zero-order valence-electron chi connectivity index (χ0n) is 10.3. The van der Waals surface area contributed by atoms with Crippen LogP contribution in [0.1, 0.15) is 17.2 Å². The maximum atomic E-state index is 11.0. The summed E-state index contributed by atoms with van der Waals surface area (Å²) >= 11 is 1.49. The molecular formula is C15H15NO2S. The maximum absolute atomic E-state index is 11.0. The fourth-order valence-electron chi connectivity index (χ4n) is 1.79. The van der Waals surface area contributed by atoms with E-state index in [1.807, 2.05) is 54.6 Å². The van der Waals surface area contributed by atoms with Crippen LogP contribution in [0.2, 0.25) is 0 Å². The highest BCUT2D eigenvalue weighted by Gasteiger charge is 2.17. The normalized spacial score (nSPS) is 12.0. The summed E-state index contributed by atoms with van der Waals surface area (Å²) in [6.07, 6.45) is 0.0724. The summed E-state index contributed by atoms with van der Waals surface area (Å²) in [4.78, 5) is 11.9. The number of hydrogen-bond acceptors (Lipinski definition) is 3. The maximum Gasteiger partial charge on any atom is 0.304 e. The number of anilines is 1. The molecule has 0 fully saturated rings. The van der Waals surface area contributed by atoms with E-state index in [2.05, 4.69) is 0 Å². The first-order valence-electron chi connectivity index (χ1n) is 5.94. The first-order chi connectivity index (χ1) is 9.16. The van der Waals surface area contributed by atoms with Gasteiger partial charge in [-0.05, 0) is 17.7 Å². The molecule has 4 heteroatoms. The van der Waals surface area contributed by atoms with Crippen LogP contribution in [0.3, 0.4) is 0 Å². The second-order valence-corrected chi connectivity index (χ2v) is 5.40. The summed E-state index contributed by atoms with van der Waals surface area (Å²) in [5, 5.41) is 8.91. The van der Waals surface area contributed by atoms with E-state index >= 15 is 0 Å². The van der Waals surface area contributed by atoms with Crippen molar-refractivity contribution in [2.24, 2.45) is 0 Å². The number of thioether (sulfide) groups is 1. The zero-order valence-corrected chi connectivity index (χ0v) is 11.1. The Hall–Kier alpha value is -1.94. The lowest BCUT2D eigenvalue weighted by Gasteiger charge is -2.16. The summed E-state index contributed by atoms with van der Waals surface area (Å²) in [5.74, 6) is -0.809. The predicted octanol–water partition coefficient (Wildman–Crippen LogP) is 3.58. The summed E-state index contributed by atoms with van der Waals surface area (Å²) < 4.78 is 0. The van der Waals surface area contributed by atoms with Gasteiger partial charge >= 0.3 is 5.97 Å². The molecule has 0 heterocycles. The number of nitrogen functional groups attached to an aromatic ring is 1. The number of carbonyl (C=O) groups is 1. The smallest absolute Gasteiger partial charge is 0.304 e. The second-order valence-electron chi connectivity index (χ2n) is 4.15. The third-order valence-electron chi connectivity index (χ3n) is 2.72. The van der Waals surface area contributed by atoms with E-state index in [0.717, 1.165) is 10.5 Å². The van der Waals surface area contributed by atoms with Crippen molar-refractivity contribution in [3.8, 4) is 0 Å². The fourth-order valence-corrected chi connectivity index (χ4v) is 2.98. The van der Waals surface area contributed by atoms with E-state index in [1.54, 1.807) is 0 Å². The molecule has 0 aromatic heterocycles. The molecule has 0 aliphatic rings. The van der Waals surface area contributed by atoms with Crippen LogP contribution in [0, 0.1) is 0 Å². The Bertz CT molecular complexity index is 557. The van der Waals surface area contributed by atoms with Gasteiger partial charge in [-0.3, -0.25) is 4.79 Å². The largest absolute Gasteiger partial charge is 0.481 e. The monoisotopic (exact) mass is 273 g/mol. The van der Waals surface area contributed by atoms with Gasteiger partial charge in [-0.1, -0.05) is 42.5 Å². The van der Waals surface area contributed by atoms with Crippen LogP contribution in [-0.2, 0) is 4.79 Å². The SMILES string of the molecule is Nc1ccccc1SC(CC(=O)O)c1ccccc1. The molecule has 98 valence electrons. The third kappa shape index (κ3) is 3.76. The number of carboxylic acids is 1. The number of rotatable bonds is 5. The highest BCUT2D eigenvalue weighted by atomic mass is 32.2. The Morgan fingerprint density at radius 2 is 1.74 bits per heavy atom. The van der Waals surface area contributed by atoms with Crippen LogP contribution in [-0.4, -0.2) is 11.1 Å². The van der Waals surface area contributed by atoms with Gasteiger partial charge in [0.05, 0.1) is 6.42 Å². The van der Waals surface area contributed by atoms with E-state index in [-0.39, 0.29) is 11.7 Å². The first kappa shape index (κ1) is 13.5. The molecule has 1 atom stereocenters. The summed E-state index contributed by atoms with van der Waals surface area (Å²) in [7, 11) is 0. The topological polar surface area (TPSA) is 63.3 Å². The number of carboxylic acid groups (broad SMARTS) is 1. The van der Waals surface area contributed by atoms with Crippen molar-refractivity contribution in [2.75, 3.05) is 5.73 Å². The zero-order chi connectivity index (χ0) is 13.7. The van der Waals surface area contributed by atoms with Gasteiger partial charge in [-0.2, -0.15) is 0 Å². The van der Waals surface area contributed by atoms with Crippen LogP contribution in [0.15, 0.2) is 59.5 Å². The molecule has 0 spiro atoms. The van der Waals surface area contributed by atoms with Gasteiger partial charge in [0.25, 0.3) is 0 Å². The van der Waals surface area contributed by atoms with Crippen molar-refractivity contribution >= 4 is 23.4 Å². The Morgan fingerprint density at radius 3 is 2.37 bits per heavy atom. The van der Waals surface area contributed by atoms with E-state index in [4.69, 9.17) is 10.8 Å². The van der Waals surface area contributed by atoms with Gasteiger partial charge in [0.15, 0.2) is 0 Å². The van der Waals surface area contributed by atoms with Gasteiger partial charge in [0.2, 0.25) is 0 Å². The standard InChI is InChI=1S/C15H15NO2S/c16-12-8-4-5-9-13(12)19-14(10-15(17)18)11-6-2-1-3-7-11/h1-9,14H,10,16H2,(H,17,18). The average molecular weight is 273 g/mol. The van der Waals surface area contributed by atoms with Gasteiger partial charge in [-0.15, -0.1) is 11.8 Å². The highest BCUT2D eigenvalue weighted by Crippen LogP contribution is 2.39. The molecule has 2 aromatic carbocycles. The van der Waals surface area contributed by atoms with Crippen molar-refractivity contribution in [3.05, 3.63) is 60.2 Å². The lowest BCUT2D eigenvalue weighted by atomic mass is 10.1. The Balaban J connectivity index is 2.24. The molecule has 0 saturated heterocycles. The van der Waals surface area contributed by atoms with Crippen LogP contribution in [0.5, 0.6) is 0 Å². The molecule has 0 saturated carbocycles. The van der Waals surface area contributed by atoms with Crippen LogP contribution in [0.25, 0.3) is 0 Å². The average Bonchev–Trinajstić information content (AvgIpc) is 2.41. The van der Waals surface area contributed by atoms with Crippen molar-refractivity contribution in [2.45, 2.75) is 16.6 Å². The Kier molecular flexibility index (Phi) is 4.47. The summed E-state index contributed by atoms with van der Waals surface area (Å²) in [6, 6.07) is 17.2. The molecule has 0 radical (unpaired) electrons. The Morgan fingerprint density at radius 1 is 1.11 bits per heavy atom.